The van der Waals surface area contributed by atoms with Crippen LogP contribution in [-0.4, -0.2) is 5.38 Å². The van der Waals surface area contributed by atoms with E-state index < -0.39 is 0 Å². The molecule has 0 aliphatic heterocycles. The molecule has 0 aromatic carbocycles. The second-order valence-electron chi connectivity index (χ2n) is 3.47. The maximum atomic E-state index is 6.13. The molecule has 2 rings (SSSR count). The zero-order valence-corrected chi connectivity index (χ0v) is 8.26. The Morgan fingerprint density at radius 2 is 2.31 bits per heavy atom. The van der Waals surface area contributed by atoms with Crippen LogP contribution in [0, 0.1) is 0 Å². The summed E-state index contributed by atoms with van der Waals surface area (Å²) in [5.74, 6) is 0. The first-order chi connectivity index (χ1) is 6.36. The zero-order chi connectivity index (χ0) is 9.10. The van der Waals surface area contributed by atoms with E-state index >= 15 is 0 Å². The number of hydrogen-bond acceptors (Lipinski definition) is 1. The van der Waals surface area contributed by atoms with Gasteiger partial charge in [-0.2, -0.15) is 0 Å². The van der Waals surface area contributed by atoms with Crippen LogP contribution >= 0.6 is 11.6 Å². The summed E-state index contributed by atoms with van der Waals surface area (Å²) in [6.45, 7) is 0. The predicted molar refractivity (Wildman–Crippen MR) is 54.8 cm³/mol. The molecule has 70 valence electrons. The highest BCUT2D eigenvalue weighted by atomic mass is 35.5. The summed E-state index contributed by atoms with van der Waals surface area (Å²) in [5.41, 5.74) is 2.53. The fourth-order valence-corrected chi connectivity index (χ4v) is 2.03. The van der Waals surface area contributed by atoms with Gasteiger partial charge in [-0.25, -0.2) is 0 Å². The van der Waals surface area contributed by atoms with E-state index in [-0.39, 0.29) is 5.38 Å². The van der Waals surface area contributed by atoms with Gasteiger partial charge in [0.2, 0.25) is 0 Å². The number of halogens is 1. The van der Waals surface area contributed by atoms with Gasteiger partial charge in [-0.05, 0) is 30.9 Å². The van der Waals surface area contributed by atoms with Crippen molar-refractivity contribution in [1.82, 2.24) is 0 Å². The summed E-state index contributed by atoms with van der Waals surface area (Å²) in [5, 5.41) is 0.201. The average molecular weight is 197 g/mol. The summed E-state index contributed by atoms with van der Waals surface area (Å²) in [7, 11) is 0. The average Bonchev–Trinajstić information content (AvgIpc) is 2.56. The standard InChI is InChI=1S/C11H13ClO/c12-11-4-2-1-3-9(7-11)10-5-6-13-8-10/h5-8,11H,1-4H2. The molecular weight excluding hydrogens is 184 g/mol. The highest BCUT2D eigenvalue weighted by molar-refractivity contribution is 6.22. The number of hydrogen-bond donors (Lipinski definition) is 0. The lowest BCUT2D eigenvalue weighted by Gasteiger charge is -2.01. The minimum absolute atomic E-state index is 0.201. The molecule has 1 aromatic heterocycles. The quantitative estimate of drug-likeness (QED) is 0.622. The first-order valence-corrected chi connectivity index (χ1v) is 5.17. The molecule has 2 heteroatoms. The fourth-order valence-electron chi connectivity index (χ4n) is 1.73. The lowest BCUT2D eigenvalue weighted by atomic mass is 10.1. The molecule has 0 saturated heterocycles. The van der Waals surface area contributed by atoms with Crippen molar-refractivity contribution in [3.63, 3.8) is 0 Å². The Bertz CT molecular complexity index is 287. The Labute approximate surface area is 83.4 Å². The van der Waals surface area contributed by atoms with Crippen LogP contribution in [0.15, 0.2) is 29.1 Å². The van der Waals surface area contributed by atoms with Gasteiger partial charge in [-0.3, -0.25) is 0 Å². The molecule has 0 saturated carbocycles. The van der Waals surface area contributed by atoms with Crippen LogP contribution in [0.3, 0.4) is 0 Å². The normalized spacial score (nSPS) is 23.8. The van der Waals surface area contributed by atoms with Crippen molar-refractivity contribution in [3.8, 4) is 0 Å². The molecule has 0 N–H and O–H groups in total. The molecule has 1 aromatic rings. The van der Waals surface area contributed by atoms with Gasteiger partial charge in [0.05, 0.1) is 17.9 Å². The molecule has 0 radical (unpaired) electrons. The van der Waals surface area contributed by atoms with E-state index in [1.165, 1.54) is 24.0 Å². The zero-order valence-electron chi connectivity index (χ0n) is 7.50. The number of furan rings is 1. The van der Waals surface area contributed by atoms with Gasteiger partial charge in [-0.1, -0.05) is 12.5 Å². The van der Waals surface area contributed by atoms with Crippen LogP contribution in [0.1, 0.15) is 31.2 Å². The first-order valence-electron chi connectivity index (χ1n) is 4.73. The third kappa shape index (κ3) is 2.16. The van der Waals surface area contributed by atoms with E-state index in [1.54, 1.807) is 12.5 Å². The van der Waals surface area contributed by atoms with Crippen molar-refractivity contribution in [2.24, 2.45) is 0 Å². The van der Waals surface area contributed by atoms with Crippen LogP contribution in [0.4, 0.5) is 0 Å². The second-order valence-corrected chi connectivity index (χ2v) is 4.03. The van der Waals surface area contributed by atoms with Crippen molar-refractivity contribution in [1.29, 1.82) is 0 Å². The molecule has 0 fully saturated rings. The summed E-state index contributed by atoms with van der Waals surface area (Å²) in [6, 6.07) is 2.00. The van der Waals surface area contributed by atoms with Gasteiger partial charge >= 0.3 is 0 Å². The fraction of sp³-hybridized carbons (Fsp3) is 0.455. The molecule has 0 spiro atoms. The Kier molecular flexibility index (Phi) is 2.74. The van der Waals surface area contributed by atoms with E-state index in [4.69, 9.17) is 16.0 Å². The van der Waals surface area contributed by atoms with Crippen molar-refractivity contribution < 1.29 is 4.42 Å². The summed E-state index contributed by atoms with van der Waals surface area (Å²) in [6.07, 6.45) is 10.4. The number of allylic oxidation sites excluding steroid dienone is 2. The summed E-state index contributed by atoms with van der Waals surface area (Å²) >= 11 is 6.13. The maximum absolute atomic E-state index is 6.13. The first kappa shape index (κ1) is 8.89. The molecular formula is C11H13ClO. The molecule has 0 bridgehead atoms. The largest absolute Gasteiger partial charge is 0.472 e. The molecule has 1 aliphatic rings. The highest BCUT2D eigenvalue weighted by Crippen LogP contribution is 2.28. The van der Waals surface area contributed by atoms with E-state index in [1.807, 2.05) is 6.07 Å². The predicted octanol–water partition coefficient (Wildman–Crippen LogP) is 3.84. The Balaban J connectivity index is 2.21. The topological polar surface area (TPSA) is 13.1 Å². The Morgan fingerprint density at radius 3 is 3.08 bits per heavy atom. The number of alkyl halides is 1. The van der Waals surface area contributed by atoms with E-state index in [2.05, 4.69) is 6.08 Å². The van der Waals surface area contributed by atoms with Crippen LogP contribution in [0.25, 0.3) is 5.57 Å². The third-order valence-corrected chi connectivity index (χ3v) is 2.79. The smallest absolute Gasteiger partial charge is 0.0977 e. The van der Waals surface area contributed by atoms with Crippen molar-refractivity contribution in [3.05, 3.63) is 30.2 Å². The Hall–Kier alpha value is -0.690. The van der Waals surface area contributed by atoms with Crippen molar-refractivity contribution in [2.45, 2.75) is 31.1 Å². The molecule has 1 unspecified atom stereocenters. The molecule has 1 atom stereocenters. The SMILES string of the molecule is ClC1C=C(c2ccoc2)CCCC1. The Morgan fingerprint density at radius 1 is 1.38 bits per heavy atom. The van der Waals surface area contributed by atoms with Gasteiger partial charge < -0.3 is 4.42 Å². The molecule has 1 aliphatic carbocycles. The van der Waals surface area contributed by atoms with Crippen LogP contribution in [-0.2, 0) is 0 Å². The van der Waals surface area contributed by atoms with Crippen molar-refractivity contribution in [2.75, 3.05) is 0 Å². The van der Waals surface area contributed by atoms with E-state index in [0.29, 0.717) is 0 Å². The lowest BCUT2D eigenvalue weighted by Crippen LogP contribution is -1.90. The van der Waals surface area contributed by atoms with E-state index in [9.17, 15) is 0 Å². The van der Waals surface area contributed by atoms with Crippen LogP contribution < -0.4 is 0 Å². The van der Waals surface area contributed by atoms with Crippen LogP contribution in [0.2, 0.25) is 0 Å². The highest BCUT2D eigenvalue weighted by Gasteiger charge is 2.11. The van der Waals surface area contributed by atoms with Crippen molar-refractivity contribution >= 4 is 17.2 Å². The molecule has 1 heterocycles. The van der Waals surface area contributed by atoms with Gasteiger partial charge in [-0.15, -0.1) is 11.6 Å². The van der Waals surface area contributed by atoms with Gasteiger partial charge in [0.25, 0.3) is 0 Å². The minimum atomic E-state index is 0.201. The summed E-state index contributed by atoms with van der Waals surface area (Å²) < 4.78 is 5.06. The third-order valence-electron chi connectivity index (χ3n) is 2.45. The maximum Gasteiger partial charge on any atom is 0.0977 e. The molecule has 0 amide bonds. The molecule has 1 nitrogen and oxygen atoms in total. The summed E-state index contributed by atoms with van der Waals surface area (Å²) in [4.78, 5) is 0. The second kappa shape index (κ2) is 4.01. The van der Waals surface area contributed by atoms with Crippen LogP contribution in [0.5, 0.6) is 0 Å². The lowest BCUT2D eigenvalue weighted by molar-refractivity contribution is 0.566. The van der Waals surface area contributed by atoms with Gasteiger partial charge in [0.1, 0.15) is 0 Å². The number of rotatable bonds is 1. The van der Waals surface area contributed by atoms with E-state index in [0.717, 1.165) is 12.8 Å². The van der Waals surface area contributed by atoms with Gasteiger partial charge in [0, 0.05) is 5.56 Å². The monoisotopic (exact) mass is 196 g/mol. The van der Waals surface area contributed by atoms with Gasteiger partial charge in [0.15, 0.2) is 0 Å². The molecule has 13 heavy (non-hydrogen) atoms. The minimum Gasteiger partial charge on any atom is -0.472 e.